The van der Waals surface area contributed by atoms with Gasteiger partial charge in [-0.15, -0.1) is 0 Å². The molecule has 1 aromatic heterocycles. The van der Waals surface area contributed by atoms with E-state index < -0.39 is 0 Å². The van der Waals surface area contributed by atoms with Crippen LogP contribution in [0, 0.1) is 31.1 Å². The summed E-state index contributed by atoms with van der Waals surface area (Å²) < 4.78 is 7.15. The summed E-state index contributed by atoms with van der Waals surface area (Å²) in [4.78, 5) is 27.8. The van der Waals surface area contributed by atoms with Gasteiger partial charge in [-0.25, -0.2) is 0 Å². The molecule has 35 heavy (non-hydrogen) atoms. The maximum atomic E-state index is 13.1. The van der Waals surface area contributed by atoms with Crippen LogP contribution in [-0.4, -0.2) is 54.1 Å². The van der Waals surface area contributed by atoms with Gasteiger partial charge in [0.05, 0.1) is 25.1 Å². The first-order valence-electron chi connectivity index (χ1n) is 12.4. The summed E-state index contributed by atoms with van der Waals surface area (Å²) in [5, 5.41) is 15.9. The van der Waals surface area contributed by atoms with Crippen LogP contribution in [0.15, 0.2) is 24.3 Å². The summed E-state index contributed by atoms with van der Waals surface area (Å²) >= 11 is 0. The molecule has 1 aliphatic rings. The van der Waals surface area contributed by atoms with Gasteiger partial charge in [0.1, 0.15) is 17.6 Å². The second kappa shape index (κ2) is 11.9. The molecule has 0 aliphatic carbocycles. The van der Waals surface area contributed by atoms with Gasteiger partial charge in [-0.1, -0.05) is 13.3 Å². The summed E-state index contributed by atoms with van der Waals surface area (Å²) in [5.41, 5.74) is 3.00. The highest BCUT2D eigenvalue weighted by atomic mass is 16.5. The summed E-state index contributed by atoms with van der Waals surface area (Å²) in [6.07, 6.45) is 3.69. The molecule has 2 atom stereocenters. The van der Waals surface area contributed by atoms with Gasteiger partial charge in [0.15, 0.2) is 0 Å². The Morgan fingerprint density at radius 2 is 1.97 bits per heavy atom. The summed E-state index contributed by atoms with van der Waals surface area (Å²) in [7, 11) is 1.61. The van der Waals surface area contributed by atoms with Gasteiger partial charge < -0.3 is 15.4 Å². The molecule has 188 valence electrons. The van der Waals surface area contributed by atoms with Gasteiger partial charge in [-0.2, -0.15) is 5.26 Å². The Kier molecular flexibility index (Phi) is 8.94. The predicted octanol–water partition coefficient (Wildman–Crippen LogP) is 3.93. The number of ether oxygens (including phenoxy) is 1. The first kappa shape index (κ1) is 26.3. The van der Waals surface area contributed by atoms with Crippen molar-refractivity contribution in [2.75, 3.05) is 32.1 Å². The molecule has 2 aromatic rings. The topological polar surface area (TPSA) is 99.4 Å². The third-order valence-corrected chi connectivity index (χ3v) is 6.77. The molecular formula is C27H37N5O3. The largest absolute Gasteiger partial charge is 0.497 e. The van der Waals surface area contributed by atoms with E-state index in [4.69, 9.17) is 4.74 Å². The fourth-order valence-electron chi connectivity index (χ4n) is 4.77. The summed E-state index contributed by atoms with van der Waals surface area (Å²) in [6, 6.07) is 9.91. The second-order valence-electron chi connectivity index (χ2n) is 9.40. The van der Waals surface area contributed by atoms with E-state index in [2.05, 4.69) is 23.6 Å². The Hall–Kier alpha value is -3.31. The van der Waals surface area contributed by atoms with Gasteiger partial charge in [-0.3, -0.25) is 19.1 Å². The summed E-state index contributed by atoms with van der Waals surface area (Å²) in [5.74, 6) is 0.960. The number of nitrogens with zero attached hydrogens (tertiary/aromatic N) is 3. The molecule has 1 saturated heterocycles. The molecule has 0 saturated carbocycles. The number of aromatic nitrogens is 1. The molecular weight excluding hydrogens is 442 g/mol. The fraction of sp³-hybridized carbons (Fsp3) is 0.519. The molecule has 2 N–H and O–H groups in total. The molecule has 8 nitrogen and oxygen atoms in total. The molecule has 1 aliphatic heterocycles. The molecule has 0 bridgehead atoms. The van der Waals surface area contributed by atoms with E-state index in [0.29, 0.717) is 17.9 Å². The van der Waals surface area contributed by atoms with Crippen LogP contribution in [0.3, 0.4) is 0 Å². The first-order valence-corrected chi connectivity index (χ1v) is 12.4. The lowest BCUT2D eigenvalue weighted by Gasteiger charge is -2.32. The minimum atomic E-state index is -0.200. The van der Waals surface area contributed by atoms with Crippen molar-refractivity contribution in [1.82, 2.24) is 14.8 Å². The zero-order valence-electron chi connectivity index (χ0n) is 21.5. The molecule has 2 heterocycles. The molecule has 3 rings (SSSR count). The Morgan fingerprint density at radius 3 is 2.60 bits per heavy atom. The Bertz CT molecular complexity index is 1080. The number of carbonyl (C=O) groups excluding carboxylic acids is 2. The molecule has 0 radical (unpaired) electrons. The van der Waals surface area contributed by atoms with E-state index in [1.165, 1.54) is 0 Å². The van der Waals surface area contributed by atoms with Crippen LogP contribution in [0.25, 0.3) is 5.69 Å². The van der Waals surface area contributed by atoms with Crippen molar-refractivity contribution < 1.29 is 14.3 Å². The van der Waals surface area contributed by atoms with Crippen LogP contribution in [0.5, 0.6) is 5.75 Å². The highest BCUT2D eigenvalue weighted by Crippen LogP contribution is 2.31. The van der Waals surface area contributed by atoms with Gasteiger partial charge in [0.2, 0.25) is 11.8 Å². The quantitative estimate of drug-likeness (QED) is 0.568. The zero-order chi connectivity index (χ0) is 25.5. The summed E-state index contributed by atoms with van der Waals surface area (Å²) in [6.45, 7) is 9.45. The van der Waals surface area contributed by atoms with Crippen LogP contribution in [0.1, 0.15) is 56.4 Å². The standard InChI is InChI=1S/C27H37N5O3/c1-6-8-18(2)29-27(34)21-9-7-14-31(16-21)17-25(33)30-26-24(15-28)19(3)20(4)32(26)22-10-12-23(35-5)13-11-22/h10-13,18,21H,6-9,14,16-17H2,1-5H3,(H,29,34)(H,30,33). The lowest BCUT2D eigenvalue weighted by Crippen LogP contribution is -2.47. The lowest BCUT2D eigenvalue weighted by molar-refractivity contribution is -0.128. The van der Waals surface area contributed by atoms with Crippen LogP contribution >= 0.6 is 0 Å². The van der Waals surface area contributed by atoms with Crippen molar-refractivity contribution in [3.05, 3.63) is 41.1 Å². The van der Waals surface area contributed by atoms with Crippen LogP contribution < -0.4 is 15.4 Å². The maximum absolute atomic E-state index is 13.1. The van der Waals surface area contributed by atoms with E-state index in [0.717, 1.165) is 54.9 Å². The monoisotopic (exact) mass is 479 g/mol. The van der Waals surface area contributed by atoms with Crippen LogP contribution in [0.4, 0.5) is 5.82 Å². The maximum Gasteiger partial charge on any atom is 0.239 e. The molecule has 1 fully saturated rings. The van der Waals surface area contributed by atoms with Crippen LogP contribution in [0.2, 0.25) is 0 Å². The van der Waals surface area contributed by atoms with Gasteiger partial charge in [0, 0.05) is 24.0 Å². The van der Waals surface area contributed by atoms with Crippen molar-refractivity contribution >= 4 is 17.6 Å². The minimum Gasteiger partial charge on any atom is -0.497 e. The van der Waals surface area contributed by atoms with Gasteiger partial charge >= 0.3 is 0 Å². The van der Waals surface area contributed by atoms with E-state index in [1.54, 1.807) is 7.11 Å². The number of piperidine rings is 1. The second-order valence-corrected chi connectivity index (χ2v) is 9.40. The number of methoxy groups -OCH3 is 1. The van der Waals surface area contributed by atoms with E-state index in [-0.39, 0.29) is 30.3 Å². The van der Waals surface area contributed by atoms with Crippen molar-refractivity contribution in [1.29, 1.82) is 5.26 Å². The van der Waals surface area contributed by atoms with Crippen LogP contribution in [-0.2, 0) is 9.59 Å². The molecule has 1 aromatic carbocycles. The Balaban J connectivity index is 1.73. The smallest absolute Gasteiger partial charge is 0.239 e. The third-order valence-electron chi connectivity index (χ3n) is 6.77. The third kappa shape index (κ3) is 6.23. The first-order chi connectivity index (χ1) is 16.8. The van der Waals surface area contributed by atoms with Crippen molar-refractivity contribution in [2.45, 2.75) is 59.4 Å². The normalized spacial score (nSPS) is 16.9. The average Bonchev–Trinajstić information content (AvgIpc) is 3.07. The van der Waals surface area contributed by atoms with E-state index in [9.17, 15) is 14.9 Å². The number of amides is 2. The molecule has 8 heteroatoms. The molecule has 2 unspecified atom stereocenters. The number of carbonyl (C=O) groups is 2. The number of nitriles is 1. The lowest BCUT2D eigenvalue weighted by atomic mass is 9.96. The number of rotatable bonds is 9. The highest BCUT2D eigenvalue weighted by molar-refractivity contribution is 5.93. The number of hydrogen-bond donors (Lipinski definition) is 2. The van der Waals surface area contributed by atoms with Crippen molar-refractivity contribution in [2.24, 2.45) is 5.92 Å². The zero-order valence-corrected chi connectivity index (χ0v) is 21.5. The van der Waals surface area contributed by atoms with Gasteiger partial charge in [-0.05, 0) is 76.4 Å². The molecule has 2 amide bonds. The number of anilines is 1. The van der Waals surface area contributed by atoms with Crippen molar-refractivity contribution in [3.63, 3.8) is 0 Å². The fourth-order valence-corrected chi connectivity index (χ4v) is 4.77. The number of benzene rings is 1. The van der Waals surface area contributed by atoms with Gasteiger partial charge in [0.25, 0.3) is 0 Å². The van der Waals surface area contributed by atoms with E-state index in [1.807, 2.05) is 54.5 Å². The Labute approximate surface area is 208 Å². The van der Waals surface area contributed by atoms with E-state index >= 15 is 0 Å². The molecule has 0 spiro atoms. The number of likely N-dealkylation sites (tertiary alicyclic amines) is 1. The average molecular weight is 480 g/mol. The number of nitrogens with one attached hydrogen (secondary N) is 2. The minimum absolute atomic E-state index is 0.0717. The number of hydrogen-bond acceptors (Lipinski definition) is 5. The highest BCUT2D eigenvalue weighted by Gasteiger charge is 2.28. The predicted molar refractivity (Wildman–Crippen MR) is 137 cm³/mol. The Morgan fingerprint density at radius 1 is 1.26 bits per heavy atom. The SMILES string of the molecule is CCCC(C)NC(=O)C1CCCN(CC(=O)Nc2c(C#N)c(C)c(C)n2-c2ccc(OC)cc2)C1. The van der Waals surface area contributed by atoms with Crippen molar-refractivity contribution in [3.8, 4) is 17.5 Å².